The van der Waals surface area contributed by atoms with Crippen molar-refractivity contribution >= 4 is 34.1 Å². The number of amides is 2. The Morgan fingerprint density at radius 2 is 1.77 bits per heavy atom. The van der Waals surface area contributed by atoms with E-state index in [4.69, 9.17) is 5.73 Å². The lowest BCUT2D eigenvalue weighted by atomic mass is 9.82. The number of rotatable bonds is 4. The highest BCUT2D eigenvalue weighted by Crippen LogP contribution is 2.49. The summed E-state index contributed by atoms with van der Waals surface area (Å²) in [7, 11) is 0. The molecule has 0 unspecified atom stereocenters. The van der Waals surface area contributed by atoms with Crippen LogP contribution in [0, 0.1) is 23.7 Å². The van der Waals surface area contributed by atoms with Gasteiger partial charge in [0.2, 0.25) is 5.91 Å². The molecule has 1 fully saturated rings. The van der Waals surface area contributed by atoms with E-state index in [0.717, 1.165) is 42.5 Å². The number of carbonyl (C=O) groups excluding carboxylic acids is 2. The fraction of sp³-hybridized carbons (Fsp3) is 0.526. The first-order valence-corrected chi connectivity index (χ1v) is 9.95. The highest BCUT2D eigenvalue weighted by Gasteiger charge is 2.51. The molecule has 4 atom stereocenters. The number of hydrogen-bond acceptors (Lipinski definition) is 4. The van der Waals surface area contributed by atoms with Crippen LogP contribution < -0.4 is 11.1 Å². The second kappa shape index (κ2) is 6.54. The summed E-state index contributed by atoms with van der Waals surface area (Å²) in [5, 5.41) is 12.9. The summed E-state index contributed by atoms with van der Waals surface area (Å²) < 4.78 is 0. The van der Waals surface area contributed by atoms with Gasteiger partial charge in [0.25, 0.3) is 5.91 Å². The maximum absolute atomic E-state index is 12.9. The quantitative estimate of drug-likeness (QED) is 0.556. The van der Waals surface area contributed by atoms with E-state index in [1.54, 1.807) is 0 Å². The number of carbonyl (C=O) groups is 3. The molecule has 2 amide bonds. The standard InChI is InChI=1S/C19H22N2O4S/c20-16(22)15-11-4-2-1-3-5-12(11)26-18(15)21-17(23)13-9-6-7-10(8-9)14(13)19(24)25/h6-7,9-10,13-14H,1-5,8H2,(H2,20,22)(H,21,23)(H,24,25)/t9-,10-,13+,14-/m0/s1. The maximum Gasteiger partial charge on any atom is 0.307 e. The molecule has 0 aliphatic heterocycles. The fourth-order valence-electron chi connectivity index (χ4n) is 4.80. The van der Waals surface area contributed by atoms with Crippen LogP contribution in [0.4, 0.5) is 5.00 Å². The molecule has 6 nitrogen and oxygen atoms in total. The zero-order chi connectivity index (χ0) is 18.4. The minimum Gasteiger partial charge on any atom is -0.481 e. The number of aliphatic carboxylic acids is 1. The van der Waals surface area contributed by atoms with Crippen LogP contribution in [-0.2, 0) is 22.4 Å². The summed E-state index contributed by atoms with van der Waals surface area (Å²) in [6, 6.07) is 0. The summed E-state index contributed by atoms with van der Waals surface area (Å²) in [4.78, 5) is 37.7. The molecule has 4 rings (SSSR count). The molecule has 0 saturated heterocycles. The molecular formula is C19H22N2O4S. The average Bonchev–Trinajstić information content (AvgIpc) is 3.23. The number of primary amides is 1. The van der Waals surface area contributed by atoms with E-state index in [1.807, 2.05) is 12.2 Å². The molecule has 4 N–H and O–H groups in total. The second-order valence-electron chi connectivity index (χ2n) is 7.46. The van der Waals surface area contributed by atoms with Gasteiger partial charge in [-0.25, -0.2) is 0 Å². The van der Waals surface area contributed by atoms with Crippen LogP contribution in [0.15, 0.2) is 12.2 Å². The molecule has 2 bridgehead atoms. The van der Waals surface area contributed by atoms with Crippen molar-refractivity contribution in [2.75, 3.05) is 5.32 Å². The van der Waals surface area contributed by atoms with E-state index in [0.29, 0.717) is 17.0 Å². The number of nitrogens with two attached hydrogens (primary N) is 1. The number of thiophene rings is 1. The number of carboxylic acid groups (broad SMARTS) is 1. The highest BCUT2D eigenvalue weighted by molar-refractivity contribution is 7.17. The van der Waals surface area contributed by atoms with E-state index in [1.165, 1.54) is 11.3 Å². The van der Waals surface area contributed by atoms with Crippen molar-refractivity contribution in [2.24, 2.45) is 29.4 Å². The van der Waals surface area contributed by atoms with Crippen LogP contribution in [0.3, 0.4) is 0 Å². The van der Waals surface area contributed by atoms with Crippen LogP contribution in [0.25, 0.3) is 0 Å². The van der Waals surface area contributed by atoms with Crippen molar-refractivity contribution in [2.45, 2.75) is 38.5 Å². The molecular weight excluding hydrogens is 352 g/mol. The zero-order valence-corrected chi connectivity index (χ0v) is 15.2. The minimum atomic E-state index is -0.931. The van der Waals surface area contributed by atoms with Gasteiger partial charge in [0, 0.05) is 4.88 Å². The van der Waals surface area contributed by atoms with Gasteiger partial charge >= 0.3 is 5.97 Å². The van der Waals surface area contributed by atoms with Gasteiger partial charge in [-0.05, 0) is 49.5 Å². The van der Waals surface area contributed by atoms with E-state index >= 15 is 0 Å². The molecule has 0 radical (unpaired) electrons. The SMILES string of the molecule is NC(=O)c1c(NC(=O)[C@H]2[C@@H](C(=O)O)[C@H]3C=C[C@H]2C3)sc2c1CCCCC2. The summed E-state index contributed by atoms with van der Waals surface area (Å²) in [6.45, 7) is 0. The number of hydrogen-bond donors (Lipinski definition) is 3. The Hall–Kier alpha value is -2.15. The number of aryl methyl sites for hydroxylation is 1. The molecule has 0 aromatic carbocycles. The Bertz CT molecular complexity index is 813. The Kier molecular flexibility index (Phi) is 4.34. The third-order valence-corrected chi connectivity index (χ3v) is 7.16. The van der Waals surface area contributed by atoms with Crippen molar-refractivity contribution < 1.29 is 19.5 Å². The van der Waals surface area contributed by atoms with Crippen molar-refractivity contribution in [3.63, 3.8) is 0 Å². The first kappa shape index (κ1) is 17.3. The van der Waals surface area contributed by atoms with Crippen LogP contribution in [0.1, 0.15) is 46.5 Å². The first-order chi connectivity index (χ1) is 12.5. The third-order valence-electron chi connectivity index (χ3n) is 5.95. The van der Waals surface area contributed by atoms with Crippen molar-refractivity contribution in [1.29, 1.82) is 0 Å². The maximum atomic E-state index is 12.9. The minimum absolute atomic E-state index is 0.0454. The normalized spacial score (nSPS) is 29.2. The summed E-state index contributed by atoms with van der Waals surface area (Å²) >= 11 is 1.42. The summed E-state index contributed by atoms with van der Waals surface area (Å²) in [5.41, 5.74) is 7.00. The van der Waals surface area contributed by atoms with Crippen LogP contribution >= 0.6 is 11.3 Å². The largest absolute Gasteiger partial charge is 0.481 e. The predicted octanol–water partition coefficient (Wildman–Crippen LogP) is 2.58. The van der Waals surface area contributed by atoms with Gasteiger partial charge in [-0.15, -0.1) is 11.3 Å². The van der Waals surface area contributed by atoms with Crippen molar-refractivity contribution in [1.82, 2.24) is 0 Å². The van der Waals surface area contributed by atoms with Gasteiger partial charge in [0.1, 0.15) is 5.00 Å². The number of fused-ring (bicyclic) bond motifs is 3. The van der Waals surface area contributed by atoms with E-state index in [2.05, 4.69) is 5.32 Å². The molecule has 7 heteroatoms. The molecule has 1 aromatic rings. The lowest BCUT2D eigenvalue weighted by Crippen LogP contribution is -2.36. The zero-order valence-electron chi connectivity index (χ0n) is 14.4. The van der Waals surface area contributed by atoms with E-state index < -0.39 is 23.7 Å². The molecule has 1 heterocycles. The lowest BCUT2D eigenvalue weighted by Gasteiger charge is -2.23. The molecule has 3 aliphatic carbocycles. The third kappa shape index (κ3) is 2.74. The van der Waals surface area contributed by atoms with Gasteiger partial charge < -0.3 is 16.2 Å². The smallest absolute Gasteiger partial charge is 0.307 e. The lowest BCUT2D eigenvalue weighted by molar-refractivity contribution is -0.146. The van der Waals surface area contributed by atoms with Crippen LogP contribution in [0.2, 0.25) is 0 Å². The fourth-order valence-corrected chi connectivity index (χ4v) is 6.10. The van der Waals surface area contributed by atoms with Gasteiger partial charge in [-0.1, -0.05) is 18.6 Å². The number of anilines is 1. The monoisotopic (exact) mass is 374 g/mol. The Balaban J connectivity index is 1.63. The Labute approximate surface area is 155 Å². The Morgan fingerprint density at radius 1 is 1.08 bits per heavy atom. The predicted molar refractivity (Wildman–Crippen MR) is 98.1 cm³/mol. The number of allylic oxidation sites excluding steroid dienone is 2. The molecule has 3 aliphatic rings. The van der Waals surface area contributed by atoms with E-state index in [-0.39, 0.29) is 17.7 Å². The molecule has 1 aromatic heterocycles. The molecule has 26 heavy (non-hydrogen) atoms. The summed E-state index contributed by atoms with van der Waals surface area (Å²) in [6.07, 6.45) is 9.46. The van der Waals surface area contributed by atoms with Gasteiger partial charge in [0.05, 0.1) is 17.4 Å². The molecule has 0 spiro atoms. The first-order valence-electron chi connectivity index (χ1n) is 9.13. The second-order valence-corrected chi connectivity index (χ2v) is 8.57. The highest BCUT2D eigenvalue weighted by atomic mass is 32.1. The van der Waals surface area contributed by atoms with Crippen molar-refractivity contribution in [3.8, 4) is 0 Å². The van der Waals surface area contributed by atoms with Gasteiger partial charge in [-0.3, -0.25) is 14.4 Å². The molecule has 138 valence electrons. The van der Waals surface area contributed by atoms with E-state index in [9.17, 15) is 19.5 Å². The van der Waals surface area contributed by atoms with Crippen LogP contribution in [-0.4, -0.2) is 22.9 Å². The molecule has 1 saturated carbocycles. The summed E-state index contributed by atoms with van der Waals surface area (Å²) in [5.74, 6) is -3.18. The average molecular weight is 374 g/mol. The topological polar surface area (TPSA) is 109 Å². The Morgan fingerprint density at radius 3 is 2.46 bits per heavy atom. The van der Waals surface area contributed by atoms with Gasteiger partial charge in [-0.2, -0.15) is 0 Å². The van der Waals surface area contributed by atoms with Gasteiger partial charge in [0.15, 0.2) is 0 Å². The van der Waals surface area contributed by atoms with Crippen LogP contribution in [0.5, 0.6) is 0 Å². The number of nitrogens with one attached hydrogen (secondary N) is 1. The number of carboxylic acids is 1. The van der Waals surface area contributed by atoms with Crippen molar-refractivity contribution in [3.05, 3.63) is 28.2 Å².